The SMILES string of the molecule is CCC1CCC(CN)C(SCc2ccccc2C)C1. The number of thioether (sulfide) groups is 1. The molecule has 0 spiro atoms. The molecule has 1 aliphatic carbocycles. The van der Waals surface area contributed by atoms with Crippen LogP contribution in [-0.2, 0) is 5.75 Å². The molecule has 0 bridgehead atoms. The topological polar surface area (TPSA) is 26.0 Å². The van der Waals surface area contributed by atoms with Crippen molar-refractivity contribution < 1.29 is 0 Å². The van der Waals surface area contributed by atoms with Gasteiger partial charge in [0, 0.05) is 11.0 Å². The van der Waals surface area contributed by atoms with Crippen molar-refractivity contribution in [3.63, 3.8) is 0 Å². The maximum absolute atomic E-state index is 5.97. The highest BCUT2D eigenvalue weighted by atomic mass is 32.2. The number of aryl methyl sites for hydroxylation is 1. The molecule has 0 aliphatic heterocycles. The zero-order valence-electron chi connectivity index (χ0n) is 12.3. The molecule has 3 atom stereocenters. The third-order valence-electron chi connectivity index (χ3n) is 4.63. The van der Waals surface area contributed by atoms with Crippen molar-refractivity contribution in [2.75, 3.05) is 6.54 Å². The van der Waals surface area contributed by atoms with Gasteiger partial charge >= 0.3 is 0 Å². The third kappa shape index (κ3) is 4.00. The Bertz CT molecular complexity index is 391. The van der Waals surface area contributed by atoms with Gasteiger partial charge in [0.15, 0.2) is 0 Å². The quantitative estimate of drug-likeness (QED) is 0.864. The molecule has 1 fully saturated rings. The van der Waals surface area contributed by atoms with Crippen LogP contribution in [-0.4, -0.2) is 11.8 Å². The second-order valence-electron chi connectivity index (χ2n) is 5.86. The van der Waals surface area contributed by atoms with Gasteiger partial charge in [-0.3, -0.25) is 0 Å². The third-order valence-corrected chi connectivity index (χ3v) is 6.11. The summed E-state index contributed by atoms with van der Waals surface area (Å²) in [6, 6.07) is 8.75. The summed E-state index contributed by atoms with van der Waals surface area (Å²) in [5.74, 6) is 2.80. The van der Waals surface area contributed by atoms with Crippen LogP contribution in [0.25, 0.3) is 0 Å². The second kappa shape index (κ2) is 7.35. The van der Waals surface area contributed by atoms with Crippen LogP contribution in [0.2, 0.25) is 0 Å². The fourth-order valence-corrected chi connectivity index (χ4v) is 4.73. The van der Waals surface area contributed by atoms with Crippen LogP contribution < -0.4 is 5.73 Å². The lowest BCUT2D eigenvalue weighted by Crippen LogP contribution is -2.32. The number of rotatable bonds is 5. The predicted octanol–water partition coefficient (Wildman–Crippen LogP) is 4.38. The average Bonchev–Trinajstić information content (AvgIpc) is 2.46. The van der Waals surface area contributed by atoms with Gasteiger partial charge in [-0.05, 0) is 49.3 Å². The Labute approximate surface area is 122 Å². The van der Waals surface area contributed by atoms with Crippen LogP contribution >= 0.6 is 11.8 Å². The normalized spacial score (nSPS) is 27.4. The minimum atomic E-state index is 0.733. The number of benzene rings is 1. The molecule has 1 aromatic carbocycles. The molecule has 106 valence electrons. The van der Waals surface area contributed by atoms with Crippen LogP contribution in [0.4, 0.5) is 0 Å². The van der Waals surface area contributed by atoms with Crippen molar-refractivity contribution in [3.8, 4) is 0 Å². The highest BCUT2D eigenvalue weighted by molar-refractivity contribution is 7.99. The molecule has 2 heteroatoms. The highest BCUT2D eigenvalue weighted by Gasteiger charge is 2.29. The van der Waals surface area contributed by atoms with E-state index in [-0.39, 0.29) is 0 Å². The first-order valence-corrected chi connectivity index (χ1v) is 8.65. The van der Waals surface area contributed by atoms with Gasteiger partial charge in [0.25, 0.3) is 0 Å². The molecular formula is C17H27NS. The number of hydrogen-bond acceptors (Lipinski definition) is 2. The van der Waals surface area contributed by atoms with Crippen molar-refractivity contribution >= 4 is 11.8 Å². The van der Waals surface area contributed by atoms with Crippen molar-refractivity contribution in [1.82, 2.24) is 0 Å². The fourth-order valence-electron chi connectivity index (χ4n) is 3.09. The van der Waals surface area contributed by atoms with Crippen LogP contribution in [0, 0.1) is 18.8 Å². The molecule has 1 nitrogen and oxygen atoms in total. The van der Waals surface area contributed by atoms with Gasteiger partial charge < -0.3 is 5.73 Å². The summed E-state index contributed by atoms with van der Waals surface area (Å²) >= 11 is 2.14. The summed E-state index contributed by atoms with van der Waals surface area (Å²) in [6.07, 6.45) is 5.42. The van der Waals surface area contributed by atoms with E-state index in [9.17, 15) is 0 Å². The first-order valence-electron chi connectivity index (χ1n) is 7.60. The van der Waals surface area contributed by atoms with Crippen molar-refractivity contribution in [3.05, 3.63) is 35.4 Å². The first-order chi connectivity index (χ1) is 9.24. The minimum absolute atomic E-state index is 0.733. The average molecular weight is 277 g/mol. The fraction of sp³-hybridized carbons (Fsp3) is 0.647. The van der Waals surface area contributed by atoms with Gasteiger partial charge in [0.1, 0.15) is 0 Å². The Kier molecular flexibility index (Phi) is 5.77. The van der Waals surface area contributed by atoms with E-state index in [2.05, 4.69) is 49.9 Å². The summed E-state index contributed by atoms with van der Waals surface area (Å²) in [4.78, 5) is 0. The molecule has 2 N–H and O–H groups in total. The molecular weight excluding hydrogens is 250 g/mol. The zero-order valence-corrected chi connectivity index (χ0v) is 13.1. The van der Waals surface area contributed by atoms with Crippen LogP contribution in [0.3, 0.4) is 0 Å². The van der Waals surface area contributed by atoms with E-state index in [0.717, 1.165) is 29.4 Å². The summed E-state index contributed by atoms with van der Waals surface area (Å²) in [5, 5.41) is 0.767. The predicted molar refractivity (Wildman–Crippen MR) is 86.4 cm³/mol. The van der Waals surface area contributed by atoms with Crippen LogP contribution in [0.5, 0.6) is 0 Å². The standard InChI is InChI=1S/C17H27NS/c1-3-14-8-9-15(11-18)17(10-14)19-12-16-7-5-4-6-13(16)2/h4-7,14-15,17H,3,8-12,18H2,1-2H3. The Balaban J connectivity index is 1.94. The molecule has 1 aromatic rings. The maximum atomic E-state index is 5.97. The van der Waals surface area contributed by atoms with Crippen molar-refractivity contribution in [1.29, 1.82) is 0 Å². The first kappa shape index (κ1) is 14.9. The molecule has 0 heterocycles. The smallest absolute Gasteiger partial charge is 0.0190 e. The van der Waals surface area contributed by atoms with E-state index < -0.39 is 0 Å². The van der Waals surface area contributed by atoms with E-state index in [1.165, 1.54) is 36.8 Å². The number of nitrogens with two attached hydrogens (primary N) is 1. The Hall–Kier alpha value is -0.470. The summed E-state index contributed by atoms with van der Waals surface area (Å²) in [7, 11) is 0. The van der Waals surface area contributed by atoms with Gasteiger partial charge in [-0.25, -0.2) is 0 Å². The molecule has 3 unspecified atom stereocenters. The second-order valence-corrected chi connectivity index (χ2v) is 7.09. The number of hydrogen-bond donors (Lipinski definition) is 1. The van der Waals surface area contributed by atoms with E-state index in [1.807, 2.05) is 0 Å². The lowest BCUT2D eigenvalue weighted by molar-refractivity contribution is 0.283. The molecule has 1 saturated carbocycles. The van der Waals surface area contributed by atoms with E-state index in [0.29, 0.717) is 0 Å². The van der Waals surface area contributed by atoms with Gasteiger partial charge in [-0.2, -0.15) is 11.8 Å². The van der Waals surface area contributed by atoms with E-state index >= 15 is 0 Å². The van der Waals surface area contributed by atoms with Gasteiger partial charge in [0.05, 0.1) is 0 Å². The maximum Gasteiger partial charge on any atom is 0.0190 e. The molecule has 19 heavy (non-hydrogen) atoms. The summed E-state index contributed by atoms with van der Waals surface area (Å²) < 4.78 is 0. The largest absolute Gasteiger partial charge is 0.330 e. The molecule has 0 amide bonds. The van der Waals surface area contributed by atoms with Crippen molar-refractivity contribution in [2.24, 2.45) is 17.6 Å². The monoisotopic (exact) mass is 277 g/mol. The van der Waals surface area contributed by atoms with Crippen LogP contribution in [0.15, 0.2) is 24.3 Å². The Morgan fingerprint density at radius 2 is 2.05 bits per heavy atom. The Morgan fingerprint density at radius 1 is 1.26 bits per heavy atom. The summed E-state index contributed by atoms with van der Waals surface area (Å²) in [6.45, 7) is 5.41. The van der Waals surface area contributed by atoms with Gasteiger partial charge in [-0.15, -0.1) is 0 Å². The van der Waals surface area contributed by atoms with E-state index in [4.69, 9.17) is 5.73 Å². The van der Waals surface area contributed by atoms with Gasteiger partial charge in [-0.1, -0.05) is 44.0 Å². The molecule has 1 aliphatic rings. The van der Waals surface area contributed by atoms with E-state index in [1.54, 1.807) is 0 Å². The molecule has 0 radical (unpaired) electrons. The lowest BCUT2D eigenvalue weighted by atomic mass is 9.80. The lowest BCUT2D eigenvalue weighted by Gasteiger charge is -2.35. The minimum Gasteiger partial charge on any atom is -0.330 e. The van der Waals surface area contributed by atoms with Gasteiger partial charge in [0.2, 0.25) is 0 Å². The zero-order chi connectivity index (χ0) is 13.7. The molecule has 0 aromatic heterocycles. The molecule has 0 saturated heterocycles. The molecule has 2 rings (SSSR count). The Morgan fingerprint density at radius 3 is 2.74 bits per heavy atom. The van der Waals surface area contributed by atoms with Crippen molar-refractivity contribution in [2.45, 2.75) is 50.5 Å². The highest BCUT2D eigenvalue weighted by Crippen LogP contribution is 2.38. The summed E-state index contributed by atoms with van der Waals surface area (Å²) in [5.41, 5.74) is 8.87. The van der Waals surface area contributed by atoms with Crippen LogP contribution in [0.1, 0.15) is 43.7 Å².